The highest BCUT2D eigenvalue weighted by atomic mass is 14.3. The molecule has 0 saturated carbocycles. The first-order chi connectivity index (χ1) is 19.3. The van der Waals surface area contributed by atoms with Crippen LogP contribution in [0, 0.1) is 0 Å². The third kappa shape index (κ3) is 3.60. The van der Waals surface area contributed by atoms with Crippen LogP contribution in [-0.4, -0.2) is 0 Å². The third-order valence-electron chi connectivity index (χ3n) is 8.62. The zero-order chi connectivity index (χ0) is 25.8. The fourth-order valence-electron chi connectivity index (χ4n) is 6.78. The minimum atomic E-state index is 0.336. The van der Waals surface area contributed by atoms with Gasteiger partial charge in [-0.15, -0.1) is 0 Å². The van der Waals surface area contributed by atoms with Gasteiger partial charge in [-0.3, -0.25) is 0 Å². The van der Waals surface area contributed by atoms with E-state index in [1.165, 1.54) is 71.3 Å². The van der Waals surface area contributed by atoms with Crippen LogP contribution < -0.4 is 5.22 Å². The monoisotopic (exact) mass is 496 g/mol. The van der Waals surface area contributed by atoms with Gasteiger partial charge in [0.15, 0.2) is 0 Å². The molecular weight excluding hydrogens is 468 g/mol. The summed E-state index contributed by atoms with van der Waals surface area (Å²) in [6.07, 6.45) is 11.5. The quantitative estimate of drug-likeness (QED) is 0.229. The molecule has 0 amide bonds. The molecule has 0 N–H and O–H groups in total. The van der Waals surface area contributed by atoms with E-state index in [1.807, 2.05) is 0 Å². The van der Waals surface area contributed by atoms with Crippen molar-refractivity contribution < 1.29 is 0 Å². The first-order valence-corrected chi connectivity index (χ1v) is 13.9. The van der Waals surface area contributed by atoms with Gasteiger partial charge < -0.3 is 0 Å². The number of hydrogen-bond acceptors (Lipinski definition) is 0. The number of allylic oxidation sites excluding steroid dienone is 2. The molecule has 0 heterocycles. The van der Waals surface area contributed by atoms with Crippen LogP contribution in [0.2, 0.25) is 0 Å². The average Bonchev–Trinajstić information content (AvgIpc) is 3.20. The van der Waals surface area contributed by atoms with Crippen molar-refractivity contribution in [2.24, 2.45) is 0 Å². The van der Waals surface area contributed by atoms with Gasteiger partial charge in [0, 0.05) is 5.92 Å². The summed E-state index contributed by atoms with van der Waals surface area (Å²) in [6, 6.07) is 42.6. The minimum absolute atomic E-state index is 0.336. The van der Waals surface area contributed by atoms with Gasteiger partial charge in [0.25, 0.3) is 0 Å². The normalized spacial score (nSPS) is 16.0. The van der Waals surface area contributed by atoms with Crippen molar-refractivity contribution in [1.29, 1.82) is 0 Å². The Kier molecular flexibility index (Phi) is 5.13. The number of rotatable bonds is 3. The van der Waals surface area contributed by atoms with Crippen LogP contribution in [0.25, 0.3) is 50.4 Å². The minimum Gasteiger partial charge on any atom is -0.0760 e. The largest absolute Gasteiger partial charge is 0.0760 e. The van der Waals surface area contributed by atoms with Crippen molar-refractivity contribution in [3.8, 4) is 11.1 Å². The highest BCUT2D eigenvalue weighted by molar-refractivity contribution is 6.20. The second kappa shape index (κ2) is 8.96. The molecular formula is C39H28. The van der Waals surface area contributed by atoms with E-state index in [1.54, 1.807) is 0 Å². The van der Waals surface area contributed by atoms with Gasteiger partial charge >= 0.3 is 0 Å². The molecule has 0 aromatic heterocycles. The lowest BCUT2D eigenvalue weighted by molar-refractivity contribution is 0.835. The lowest BCUT2D eigenvalue weighted by Crippen LogP contribution is -2.09. The lowest BCUT2D eigenvalue weighted by atomic mass is 9.79. The summed E-state index contributed by atoms with van der Waals surface area (Å²) < 4.78 is 0. The van der Waals surface area contributed by atoms with Crippen LogP contribution in [-0.2, 0) is 6.42 Å². The van der Waals surface area contributed by atoms with Crippen LogP contribution in [0.5, 0.6) is 0 Å². The van der Waals surface area contributed by atoms with Gasteiger partial charge in [-0.05, 0) is 90.2 Å². The predicted octanol–water partition coefficient (Wildman–Crippen LogP) is 9.35. The van der Waals surface area contributed by atoms with Gasteiger partial charge in [0.2, 0.25) is 0 Å². The molecule has 6 aromatic carbocycles. The van der Waals surface area contributed by atoms with E-state index in [9.17, 15) is 0 Å². The molecule has 0 heteroatoms. The fraction of sp³-hybridized carbons (Fsp3) is 0.0769. The number of hydrogen-bond donors (Lipinski definition) is 0. The Balaban J connectivity index is 1.46. The summed E-state index contributed by atoms with van der Waals surface area (Å²) >= 11 is 0. The van der Waals surface area contributed by atoms with Crippen molar-refractivity contribution in [3.63, 3.8) is 0 Å². The summed E-state index contributed by atoms with van der Waals surface area (Å²) in [5.41, 5.74) is 10.7. The molecule has 1 unspecified atom stereocenters. The standard InChI is InChI=1S/C39H28/c1-3-11-27(12-4-1)32-17-9-16-29-20-21-34-36(28-13-5-2-6-14-28)25-37(35-23-22-33(32)38(29)39(34)35)31-19-18-26-10-7-8-15-30(26)24-31/h1-8,10-23,25,31H,9,24H2. The van der Waals surface area contributed by atoms with E-state index in [2.05, 4.69) is 140 Å². The van der Waals surface area contributed by atoms with Crippen LogP contribution in [0.3, 0.4) is 0 Å². The van der Waals surface area contributed by atoms with E-state index in [0.717, 1.165) is 12.8 Å². The Labute approximate surface area is 229 Å². The smallest absolute Gasteiger partial charge is 0.00683 e. The van der Waals surface area contributed by atoms with E-state index in [0.29, 0.717) is 5.92 Å². The Morgan fingerprint density at radius 2 is 1.31 bits per heavy atom. The first-order valence-electron chi connectivity index (χ1n) is 13.9. The number of benzene rings is 6. The van der Waals surface area contributed by atoms with Gasteiger partial charge in [0.1, 0.15) is 0 Å². The predicted molar refractivity (Wildman–Crippen MR) is 167 cm³/mol. The second-order valence-electron chi connectivity index (χ2n) is 10.8. The highest BCUT2D eigenvalue weighted by Crippen LogP contribution is 2.43. The molecule has 184 valence electrons. The van der Waals surface area contributed by atoms with Gasteiger partial charge in [-0.1, -0.05) is 133 Å². The zero-order valence-electron chi connectivity index (χ0n) is 21.8. The molecule has 0 radical (unpaired) electrons. The maximum Gasteiger partial charge on any atom is 0.00683 e. The summed E-state index contributed by atoms with van der Waals surface area (Å²) in [6.45, 7) is 0. The molecule has 0 nitrogen and oxygen atoms in total. The molecule has 39 heavy (non-hydrogen) atoms. The Morgan fingerprint density at radius 1 is 0.564 bits per heavy atom. The van der Waals surface area contributed by atoms with Crippen molar-refractivity contribution in [3.05, 3.63) is 160 Å². The van der Waals surface area contributed by atoms with Crippen molar-refractivity contribution in [2.75, 3.05) is 0 Å². The van der Waals surface area contributed by atoms with Crippen LogP contribution in [0.15, 0.2) is 127 Å². The SMILES string of the molecule is C1=CC(c2cc(-c3ccccc3)c3ccc4c5c(ccc2c35)C(c2ccccc2)=CCC=4)Cc2ccccc21. The molecule has 0 fully saturated rings. The summed E-state index contributed by atoms with van der Waals surface area (Å²) in [5.74, 6) is 0.336. The summed E-state index contributed by atoms with van der Waals surface area (Å²) in [4.78, 5) is 0. The van der Waals surface area contributed by atoms with Gasteiger partial charge in [-0.25, -0.2) is 0 Å². The Hall–Kier alpha value is -4.68. The van der Waals surface area contributed by atoms with E-state index in [-0.39, 0.29) is 0 Å². The maximum atomic E-state index is 2.48. The molecule has 8 rings (SSSR count). The summed E-state index contributed by atoms with van der Waals surface area (Å²) in [5, 5.41) is 6.84. The average molecular weight is 497 g/mol. The van der Waals surface area contributed by atoms with Crippen LogP contribution >= 0.6 is 0 Å². The second-order valence-corrected chi connectivity index (χ2v) is 10.8. The van der Waals surface area contributed by atoms with Gasteiger partial charge in [-0.2, -0.15) is 0 Å². The highest BCUT2D eigenvalue weighted by Gasteiger charge is 2.23. The lowest BCUT2D eigenvalue weighted by Gasteiger charge is -2.24. The van der Waals surface area contributed by atoms with E-state index < -0.39 is 0 Å². The molecule has 0 bridgehead atoms. The van der Waals surface area contributed by atoms with Crippen molar-refractivity contribution >= 4 is 39.3 Å². The molecule has 2 aliphatic rings. The third-order valence-corrected chi connectivity index (χ3v) is 8.62. The molecule has 0 aliphatic heterocycles. The van der Waals surface area contributed by atoms with Crippen LogP contribution in [0.4, 0.5) is 0 Å². The van der Waals surface area contributed by atoms with E-state index >= 15 is 0 Å². The first kappa shape index (κ1) is 22.3. The van der Waals surface area contributed by atoms with Crippen molar-refractivity contribution in [2.45, 2.75) is 18.8 Å². The van der Waals surface area contributed by atoms with Gasteiger partial charge in [0.05, 0.1) is 0 Å². The van der Waals surface area contributed by atoms with E-state index in [4.69, 9.17) is 0 Å². The molecule has 0 spiro atoms. The molecule has 0 saturated heterocycles. The number of fused-ring (bicyclic) bond motifs is 1. The maximum absolute atomic E-state index is 2.48. The Bertz CT molecular complexity index is 1990. The van der Waals surface area contributed by atoms with Crippen molar-refractivity contribution in [1.82, 2.24) is 0 Å². The molecule has 1 atom stereocenters. The summed E-state index contributed by atoms with van der Waals surface area (Å²) in [7, 11) is 0. The Morgan fingerprint density at radius 3 is 2.15 bits per heavy atom. The topological polar surface area (TPSA) is 0 Å². The molecule has 6 aromatic rings. The zero-order valence-corrected chi connectivity index (χ0v) is 21.8. The molecule has 2 aliphatic carbocycles. The fourth-order valence-corrected chi connectivity index (χ4v) is 6.78. The van der Waals surface area contributed by atoms with Crippen LogP contribution in [0.1, 0.15) is 40.2 Å².